The highest BCUT2D eigenvalue weighted by molar-refractivity contribution is 7.98. The van der Waals surface area contributed by atoms with Gasteiger partial charge in [-0.05, 0) is 31.1 Å². The first kappa shape index (κ1) is 17.1. The second-order valence-electron chi connectivity index (χ2n) is 4.88. The van der Waals surface area contributed by atoms with Crippen molar-refractivity contribution in [1.82, 2.24) is 4.90 Å². The monoisotopic (exact) mass is 295 g/mol. The highest BCUT2D eigenvalue weighted by atomic mass is 32.2. The highest BCUT2D eigenvalue weighted by Gasteiger charge is 2.12. The number of aliphatic carboxylic acids is 1. The number of carboxylic acid groups (broad SMARTS) is 1. The molecule has 1 aromatic carbocycles. The van der Waals surface area contributed by atoms with Gasteiger partial charge >= 0.3 is 5.97 Å². The molecule has 1 unspecified atom stereocenters. The van der Waals surface area contributed by atoms with Gasteiger partial charge in [-0.25, -0.2) is 0 Å². The summed E-state index contributed by atoms with van der Waals surface area (Å²) in [7, 11) is 0. The molecule has 20 heavy (non-hydrogen) atoms. The standard InChI is InChI=1S/C16H25NO2S/c1-4-17(5-2)10-11-20-12-14-6-8-15(9-7-14)13(3)16(18)19/h6-9,13H,4-5,10-12H2,1-3H3,(H,18,19). The number of rotatable bonds is 9. The van der Waals surface area contributed by atoms with E-state index < -0.39 is 11.9 Å². The predicted molar refractivity (Wildman–Crippen MR) is 86.4 cm³/mol. The normalized spacial score (nSPS) is 12.6. The average Bonchev–Trinajstić information content (AvgIpc) is 2.47. The maximum Gasteiger partial charge on any atom is 0.310 e. The molecule has 1 N–H and O–H groups in total. The quantitative estimate of drug-likeness (QED) is 0.708. The lowest BCUT2D eigenvalue weighted by molar-refractivity contribution is -0.138. The molecule has 4 heteroatoms. The van der Waals surface area contributed by atoms with E-state index in [9.17, 15) is 4.79 Å². The first-order valence-electron chi connectivity index (χ1n) is 7.20. The van der Waals surface area contributed by atoms with E-state index in [1.54, 1.807) is 6.92 Å². The zero-order valence-electron chi connectivity index (χ0n) is 12.6. The molecule has 0 aliphatic rings. The van der Waals surface area contributed by atoms with Gasteiger partial charge in [0.2, 0.25) is 0 Å². The van der Waals surface area contributed by atoms with Crippen molar-refractivity contribution in [3.05, 3.63) is 35.4 Å². The van der Waals surface area contributed by atoms with Crippen molar-refractivity contribution in [2.75, 3.05) is 25.4 Å². The van der Waals surface area contributed by atoms with E-state index in [2.05, 4.69) is 18.7 Å². The summed E-state index contributed by atoms with van der Waals surface area (Å²) < 4.78 is 0. The van der Waals surface area contributed by atoms with Gasteiger partial charge in [-0.1, -0.05) is 38.1 Å². The number of nitrogens with zero attached hydrogens (tertiary/aromatic N) is 1. The van der Waals surface area contributed by atoms with Crippen molar-refractivity contribution in [2.24, 2.45) is 0 Å². The van der Waals surface area contributed by atoms with Crippen molar-refractivity contribution < 1.29 is 9.90 Å². The minimum Gasteiger partial charge on any atom is -0.481 e. The number of carbonyl (C=O) groups is 1. The molecule has 0 fully saturated rings. The molecule has 3 nitrogen and oxygen atoms in total. The Morgan fingerprint density at radius 3 is 2.35 bits per heavy atom. The molecule has 0 spiro atoms. The molecule has 1 aromatic rings. The Balaban J connectivity index is 2.37. The molecule has 0 aliphatic carbocycles. The first-order chi connectivity index (χ1) is 9.58. The number of hydrogen-bond acceptors (Lipinski definition) is 3. The lowest BCUT2D eigenvalue weighted by Gasteiger charge is -2.17. The van der Waals surface area contributed by atoms with Crippen LogP contribution >= 0.6 is 11.8 Å². The van der Waals surface area contributed by atoms with Crippen molar-refractivity contribution in [3.63, 3.8) is 0 Å². The third-order valence-electron chi connectivity index (χ3n) is 3.57. The summed E-state index contributed by atoms with van der Waals surface area (Å²) in [6, 6.07) is 7.94. The minimum atomic E-state index is -0.772. The van der Waals surface area contributed by atoms with Gasteiger partial charge in [0, 0.05) is 18.1 Å². The average molecular weight is 295 g/mol. The Bertz CT molecular complexity index is 401. The summed E-state index contributed by atoms with van der Waals surface area (Å²) in [6.45, 7) is 9.45. The third kappa shape index (κ3) is 5.55. The van der Waals surface area contributed by atoms with E-state index >= 15 is 0 Å². The highest BCUT2D eigenvalue weighted by Crippen LogP contribution is 2.18. The van der Waals surface area contributed by atoms with Crippen LogP contribution in [0.3, 0.4) is 0 Å². The molecule has 0 aliphatic heterocycles. The Morgan fingerprint density at radius 1 is 1.25 bits per heavy atom. The molecule has 0 aromatic heterocycles. The molecule has 1 rings (SSSR count). The molecule has 1 atom stereocenters. The van der Waals surface area contributed by atoms with E-state index in [1.807, 2.05) is 36.0 Å². The zero-order valence-corrected chi connectivity index (χ0v) is 13.4. The lowest BCUT2D eigenvalue weighted by atomic mass is 10.0. The Hall–Kier alpha value is -1.00. The van der Waals surface area contributed by atoms with Gasteiger partial charge in [0.05, 0.1) is 5.92 Å². The van der Waals surface area contributed by atoms with Crippen LogP contribution in [0.1, 0.15) is 37.8 Å². The topological polar surface area (TPSA) is 40.5 Å². The van der Waals surface area contributed by atoms with Crippen LogP contribution in [0.5, 0.6) is 0 Å². The SMILES string of the molecule is CCN(CC)CCSCc1ccc(C(C)C(=O)O)cc1. The summed E-state index contributed by atoms with van der Waals surface area (Å²) in [5, 5.41) is 8.97. The second kappa shape index (κ2) is 9.03. The van der Waals surface area contributed by atoms with Gasteiger partial charge in [0.1, 0.15) is 0 Å². The van der Waals surface area contributed by atoms with E-state index in [4.69, 9.17) is 5.11 Å². The van der Waals surface area contributed by atoms with Crippen LogP contribution in [0.2, 0.25) is 0 Å². The van der Waals surface area contributed by atoms with Crippen LogP contribution in [-0.4, -0.2) is 41.4 Å². The summed E-state index contributed by atoms with van der Waals surface area (Å²) >= 11 is 1.93. The van der Waals surface area contributed by atoms with Crippen molar-refractivity contribution in [2.45, 2.75) is 32.4 Å². The van der Waals surface area contributed by atoms with E-state index in [-0.39, 0.29) is 0 Å². The van der Waals surface area contributed by atoms with Crippen molar-refractivity contribution >= 4 is 17.7 Å². The van der Waals surface area contributed by atoms with Crippen LogP contribution < -0.4 is 0 Å². The van der Waals surface area contributed by atoms with Crippen molar-refractivity contribution in [1.29, 1.82) is 0 Å². The van der Waals surface area contributed by atoms with E-state index in [0.717, 1.165) is 36.7 Å². The molecule has 0 radical (unpaired) electrons. The first-order valence-corrected chi connectivity index (χ1v) is 8.35. The number of hydrogen-bond donors (Lipinski definition) is 1. The summed E-state index contributed by atoms with van der Waals surface area (Å²) in [5.41, 5.74) is 2.13. The predicted octanol–water partition coefficient (Wildman–Crippen LogP) is 3.45. The third-order valence-corrected chi connectivity index (χ3v) is 4.57. The number of thioether (sulfide) groups is 1. The Morgan fingerprint density at radius 2 is 1.85 bits per heavy atom. The molecule has 0 amide bonds. The summed E-state index contributed by atoms with van der Waals surface area (Å²) in [6.07, 6.45) is 0. The van der Waals surface area contributed by atoms with E-state index in [1.165, 1.54) is 5.56 Å². The lowest BCUT2D eigenvalue weighted by Crippen LogP contribution is -2.25. The maximum atomic E-state index is 10.9. The number of benzene rings is 1. The van der Waals surface area contributed by atoms with Crippen LogP contribution in [0.25, 0.3) is 0 Å². The number of carboxylic acids is 1. The fourth-order valence-electron chi connectivity index (χ4n) is 1.97. The second-order valence-corrected chi connectivity index (χ2v) is 5.99. The minimum absolute atomic E-state index is 0.431. The Kier molecular flexibility index (Phi) is 7.70. The van der Waals surface area contributed by atoms with Gasteiger partial charge in [0.15, 0.2) is 0 Å². The molecule has 0 bridgehead atoms. The van der Waals surface area contributed by atoms with Gasteiger partial charge in [-0.3, -0.25) is 4.79 Å². The fraction of sp³-hybridized carbons (Fsp3) is 0.562. The van der Waals surface area contributed by atoms with Gasteiger partial charge in [0.25, 0.3) is 0 Å². The summed E-state index contributed by atoms with van der Waals surface area (Å²) in [4.78, 5) is 13.3. The smallest absolute Gasteiger partial charge is 0.310 e. The van der Waals surface area contributed by atoms with Crippen LogP contribution in [0.4, 0.5) is 0 Å². The van der Waals surface area contributed by atoms with E-state index in [0.29, 0.717) is 0 Å². The van der Waals surface area contributed by atoms with Gasteiger partial charge < -0.3 is 10.0 Å². The fourth-order valence-corrected chi connectivity index (χ4v) is 2.93. The van der Waals surface area contributed by atoms with Crippen LogP contribution in [-0.2, 0) is 10.5 Å². The summed E-state index contributed by atoms with van der Waals surface area (Å²) in [5.74, 6) is 0.920. The van der Waals surface area contributed by atoms with Crippen LogP contribution in [0, 0.1) is 0 Å². The molecule has 0 saturated carbocycles. The largest absolute Gasteiger partial charge is 0.481 e. The zero-order chi connectivity index (χ0) is 15.0. The van der Waals surface area contributed by atoms with Crippen LogP contribution in [0.15, 0.2) is 24.3 Å². The van der Waals surface area contributed by atoms with Crippen molar-refractivity contribution in [3.8, 4) is 0 Å². The van der Waals surface area contributed by atoms with Gasteiger partial charge in [-0.2, -0.15) is 11.8 Å². The molecule has 112 valence electrons. The molecular weight excluding hydrogens is 270 g/mol. The van der Waals surface area contributed by atoms with Gasteiger partial charge in [-0.15, -0.1) is 0 Å². The molecule has 0 saturated heterocycles. The Labute approximate surface area is 126 Å². The maximum absolute atomic E-state index is 10.9. The molecular formula is C16H25NO2S. The molecule has 0 heterocycles.